The Morgan fingerprint density at radius 2 is 2.06 bits per heavy atom. The van der Waals surface area contributed by atoms with E-state index in [4.69, 9.17) is 27.3 Å². The number of aliphatic hydroxyl groups is 1. The number of anilines is 2. The van der Waals surface area contributed by atoms with Crippen LogP contribution in [0.4, 0.5) is 15.8 Å². The number of rotatable bonds is 6. The normalized spacial score (nSPS) is 26.9. The van der Waals surface area contributed by atoms with Gasteiger partial charge < -0.3 is 20.9 Å². The zero-order valence-corrected chi connectivity index (χ0v) is 20.4. The van der Waals surface area contributed by atoms with E-state index in [1.165, 1.54) is 17.9 Å². The van der Waals surface area contributed by atoms with Gasteiger partial charge in [-0.1, -0.05) is 23.7 Å². The van der Waals surface area contributed by atoms with E-state index in [2.05, 4.69) is 10.3 Å². The number of carbonyl (C=O) groups excluding carboxylic acids is 1. The van der Waals surface area contributed by atoms with Gasteiger partial charge in [0.2, 0.25) is 12.3 Å². The van der Waals surface area contributed by atoms with E-state index in [1.807, 2.05) is 6.07 Å². The second-order valence-electron chi connectivity index (χ2n) is 9.52. The van der Waals surface area contributed by atoms with Gasteiger partial charge in [-0.05, 0) is 44.9 Å². The minimum Gasteiger partial charge on any atom is -0.459 e. The van der Waals surface area contributed by atoms with Crippen molar-refractivity contribution in [1.29, 1.82) is 5.26 Å². The SMILES string of the molecule is CC(F)Oc1cc(C#N)ccc1Nc1cccc([C@]2(C)CC(=O)N(C3CC(C)(O)C3)C(N)=N2)c1Cl. The quantitative estimate of drug-likeness (QED) is 0.543. The molecule has 1 aliphatic carbocycles. The largest absolute Gasteiger partial charge is 0.459 e. The van der Waals surface area contributed by atoms with Crippen molar-refractivity contribution in [2.45, 2.75) is 63.6 Å². The van der Waals surface area contributed by atoms with Crippen molar-refractivity contribution in [3.63, 3.8) is 0 Å². The number of hydrogen-bond acceptors (Lipinski definition) is 7. The Labute approximate surface area is 208 Å². The minimum atomic E-state index is -1.59. The van der Waals surface area contributed by atoms with Gasteiger partial charge in [0.15, 0.2) is 5.96 Å². The average Bonchev–Trinajstić information content (AvgIpc) is 2.73. The summed E-state index contributed by atoms with van der Waals surface area (Å²) in [6.07, 6.45) is -0.644. The van der Waals surface area contributed by atoms with Crippen LogP contribution >= 0.6 is 11.6 Å². The molecule has 2 aromatic rings. The molecule has 35 heavy (non-hydrogen) atoms. The van der Waals surface area contributed by atoms with E-state index in [0.29, 0.717) is 40.4 Å². The van der Waals surface area contributed by atoms with E-state index in [9.17, 15) is 14.3 Å². The molecule has 1 amide bonds. The molecule has 1 fully saturated rings. The fourth-order valence-corrected chi connectivity index (χ4v) is 5.07. The molecule has 0 spiro atoms. The second-order valence-corrected chi connectivity index (χ2v) is 9.90. The molecule has 0 radical (unpaired) electrons. The van der Waals surface area contributed by atoms with E-state index in [-0.39, 0.29) is 30.1 Å². The molecule has 1 heterocycles. The van der Waals surface area contributed by atoms with Crippen LogP contribution in [0.3, 0.4) is 0 Å². The van der Waals surface area contributed by atoms with Crippen LogP contribution in [0.15, 0.2) is 41.4 Å². The van der Waals surface area contributed by atoms with Gasteiger partial charge in [-0.2, -0.15) is 5.26 Å². The average molecular weight is 500 g/mol. The Kier molecular flexibility index (Phi) is 6.38. The van der Waals surface area contributed by atoms with Crippen molar-refractivity contribution >= 4 is 34.8 Å². The van der Waals surface area contributed by atoms with Crippen molar-refractivity contribution in [3.05, 3.63) is 52.5 Å². The summed E-state index contributed by atoms with van der Waals surface area (Å²) in [7, 11) is 0. The fraction of sp³-hybridized carbons (Fsp3) is 0.400. The lowest BCUT2D eigenvalue weighted by Crippen LogP contribution is -2.61. The number of ether oxygens (including phenoxy) is 1. The summed E-state index contributed by atoms with van der Waals surface area (Å²) in [6.45, 7) is 4.76. The molecule has 0 aromatic heterocycles. The monoisotopic (exact) mass is 499 g/mol. The highest BCUT2D eigenvalue weighted by Gasteiger charge is 2.48. The van der Waals surface area contributed by atoms with Gasteiger partial charge in [0, 0.05) is 24.6 Å². The van der Waals surface area contributed by atoms with Gasteiger partial charge in [0.25, 0.3) is 0 Å². The highest BCUT2D eigenvalue weighted by Crippen LogP contribution is 2.44. The van der Waals surface area contributed by atoms with E-state index in [0.717, 1.165) is 0 Å². The smallest absolute Gasteiger partial charge is 0.235 e. The summed E-state index contributed by atoms with van der Waals surface area (Å²) in [5.74, 6) is 0.0712. The van der Waals surface area contributed by atoms with Crippen LogP contribution in [0.25, 0.3) is 0 Å². The number of halogens is 2. The number of hydrogen-bond donors (Lipinski definition) is 3. The molecule has 1 unspecified atom stereocenters. The van der Waals surface area contributed by atoms with Crippen LogP contribution in [-0.4, -0.2) is 39.9 Å². The van der Waals surface area contributed by atoms with E-state index < -0.39 is 17.5 Å². The molecule has 8 nitrogen and oxygen atoms in total. The Morgan fingerprint density at radius 1 is 1.34 bits per heavy atom. The predicted molar refractivity (Wildman–Crippen MR) is 131 cm³/mol. The molecule has 10 heteroatoms. The molecule has 0 saturated heterocycles. The van der Waals surface area contributed by atoms with Crippen LogP contribution < -0.4 is 15.8 Å². The van der Waals surface area contributed by atoms with Crippen LogP contribution in [0, 0.1) is 11.3 Å². The molecule has 4 rings (SSSR count). The molecular weight excluding hydrogens is 473 g/mol. The summed E-state index contributed by atoms with van der Waals surface area (Å²) < 4.78 is 18.8. The molecule has 184 valence electrons. The first-order valence-corrected chi connectivity index (χ1v) is 11.6. The third-order valence-corrected chi connectivity index (χ3v) is 6.74. The number of amides is 1. The van der Waals surface area contributed by atoms with E-state index >= 15 is 0 Å². The third kappa shape index (κ3) is 4.90. The number of nitrogens with zero attached hydrogens (tertiary/aromatic N) is 3. The van der Waals surface area contributed by atoms with Crippen LogP contribution in [0.2, 0.25) is 5.02 Å². The Balaban J connectivity index is 1.65. The number of aliphatic imine (C=N–C) groups is 1. The maximum Gasteiger partial charge on any atom is 0.235 e. The molecule has 2 aromatic carbocycles. The molecule has 1 saturated carbocycles. The van der Waals surface area contributed by atoms with Crippen molar-refractivity contribution < 1.29 is 19.0 Å². The highest BCUT2D eigenvalue weighted by molar-refractivity contribution is 6.34. The molecular formula is C25H27ClFN5O3. The molecule has 2 atom stereocenters. The molecule has 2 aliphatic rings. The fourth-order valence-electron chi connectivity index (χ4n) is 4.69. The van der Waals surface area contributed by atoms with E-state index in [1.54, 1.807) is 44.2 Å². The zero-order chi connectivity index (χ0) is 25.5. The predicted octanol–water partition coefficient (Wildman–Crippen LogP) is 4.33. The maximum absolute atomic E-state index is 13.6. The lowest BCUT2D eigenvalue weighted by atomic mass is 9.75. The summed E-state index contributed by atoms with van der Waals surface area (Å²) in [5, 5.41) is 22.7. The van der Waals surface area contributed by atoms with Gasteiger partial charge in [0.05, 0.1) is 45.6 Å². The maximum atomic E-state index is 13.6. The van der Waals surface area contributed by atoms with Crippen LogP contribution in [-0.2, 0) is 10.3 Å². The lowest BCUT2D eigenvalue weighted by molar-refractivity contribution is -0.138. The molecule has 0 bridgehead atoms. The van der Waals surface area contributed by atoms with Gasteiger partial charge in [-0.25, -0.2) is 9.38 Å². The summed E-state index contributed by atoms with van der Waals surface area (Å²) in [5.41, 5.74) is 6.24. The molecule has 1 aliphatic heterocycles. The number of nitriles is 1. The first-order valence-electron chi connectivity index (χ1n) is 11.2. The summed E-state index contributed by atoms with van der Waals surface area (Å²) in [4.78, 5) is 19.2. The summed E-state index contributed by atoms with van der Waals surface area (Å²) in [6, 6.07) is 11.7. The number of nitrogens with one attached hydrogen (secondary N) is 1. The Morgan fingerprint density at radius 3 is 2.66 bits per heavy atom. The third-order valence-electron chi connectivity index (χ3n) is 6.34. The van der Waals surface area contributed by atoms with Gasteiger partial charge in [-0.15, -0.1) is 0 Å². The van der Waals surface area contributed by atoms with Gasteiger partial charge in [-0.3, -0.25) is 9.69 Å². The number of carbonyl (C=O) groups is 1. The standard InChI is InChI=1S/C25H27ClFN5O3/c1-14(27)35-20-9-15(13-28)7-8-18(20)30-19-6-4-5-17(22(19)26)25(3)12-21(33)32(23(29)31-25)16-10-24(2,34)11-16/h4-9,14,16,30,34H,10-12H2,1-3H3,(H2,29,31)/t14?,16?,24?,25-/m0/s1. The minimum absolute atomic E-state index is 0.0557. The topological polar surface area (TPSA) is 124 Å². The van der Waals surface area contributed by atoms with Crippen molar-refractivity contribution in [3.8, 4) is 11.8 Å². The number of alkyl halides is 1. The Bertz CT molecular complexity index is 1230. The van der Waals surface area contributed by atoms with Crippen molar-refractivity contribution in [2.75, 3.05) is 5.32 Å². The van der Waals surface area contributed by atoms with Gasteiger partial charge in [0.1, 0.15) is 5.75 Å². The van der Waals surface area contributed by atoms with Gasteiger partial charge >= 0.3 is 0 Å². The van der Waals surface area contributed by atoms with Crippen molar-refractivity contribution in [2.24, 2.45) is 10.7 Å². The highest BCUT2D eigenvalue weighted by atomic mass is 35.5. The Hall–Kier alpha value is -3.35. The zero-order valence-electron chi connectivity index (χ0n) is 19.7. The number of nitrogens with two attached hydrogens (primary N) is 1. The first-order chi connectivity index (χ1) is 16.4. The lowest BCUT2D eigenvalue weighted by Gasteiger charge is -2.48. The van der Waals surface area contributed by atoms with Crippen LogP contribution in [0.1, 0.15) is 51.2 Å². The second kappa shape index (κ2) is 9.02. The first kappa shape index (κ1) is 24.8. The number of benzene rings is 2. The molecule has 4 N–H and O–H groups in total. The summed E-state index contributed by atoms with van der Waals surface area (Å²) >= 11 is 6.77. The van der Waals surface area contributed by atoms with Crippen LogP contribution in [0.5, 0.6) is 5.75 Å². The number of guanidine groups is 1. The van der Waals surface area contributed by atoms with Crippen molar-refractivity contribution in [1.82, 2.24) is 4.90 Å².